The molecule has 1 saturated heterocycles. The lowest BCUT2D eigenvalue weighted by Gasteiger charge is -2.10. The quantitative estimate of drug-likeness (QED) is 0.772. The van der Waals surface area contributed by atoms with E-state index in [0.717, 1.165) is 6.42 Å². The van der Waals surface area contributed by atoms with Gasteiger partial charge < -0.3 is 9.88 Å². The lowest BCUT2D eigenvalue weighted by Crippen LogP contribution is -2.23. The minimum absolute atomic E-state index is 0.653. The number of benzene rings is 1. The number of nitrogens with zero attached hydrogens (tertiary/aromatic N) is 2. The molecule has 0 spiro atoms. The minimum Gasteiger partial charge on any atom is -0.344 e. The largest absolute Gasteiger partial charge is 0.344 e. The van der Waals surface area contributed by atoms with Crippen molar-refractivity contribution in [3.63, 3.8) is 0 Å². The first-order valence-corrected chi connectivity index (χ1v) is 7.37. The number of hydrogen-bond acceptors (Lipinski definition) is 2. The van der Waals surface area contributed by atoms with Gasteiger partial charge in [-0.25, -0.2) is 0 Å². The molecule has 1 fully saturated rings. The minimum atomic E-state index is 0.653. The molecule has 102 valence electrons. The second kappa shape index (κ2) is 4.60. The van der Waals surface area contributed by atoms with Crippen molar-refractivity contribution >= 4 is 21.8 Å². The second-order valence-corrected chi connectivity index (χ2v) is 5.80. The first-order valence-electron chi connectivity index (χ1n) is 7.37. The SMILES string of the molecule is Cn1c2ccncc2c2cc(CC3CCCN3)ccc21. The molecule has 2 aromatic heterocycles. The summed E-state index contributed by atoms with van der Waals surface area (Å²) in [6, 6.07) is 9.61. The number of aryl methyl sites for hydroxylation is 1. The summed E-state index contributed by atoms with van der Waals surface area (Å²) in [6.45, 7) is 1.17. The lowest BCUT2D eigenvalue weighted by molar-refractivity contribution is 0.603. The van der Waals surface area contributed by atoms with E-state index >= 15 is 0 Å². The van der Waals surface area contributed by atoms with Gasteiger partial charge in [0.25, 0.3) is 0 Å². The molecule has 0 aliphatic carbocycles. The topological polar surface area (TPSA) is 29.9 Å². The molecule has 0 bridgehead atoms. The van der Waals surface area contributed by atoms with E-state index in [4.69, 9.17) is 0 Å². The van der Waals surface area contributed by atoms with Crippen molar-refractivity contribution in [2.75, 3.05) is 6.54 Å². The fourth-order valence-electron chi connectivity index (χ4n) is 3.45. The van der Waals surface area contributed by atoms with Crippen molar-refractivity contribution < 1.29 is 0 Å². The fraction of sp³-hybridized carbons (Fsp3) is 0.353. The molecule has 1 aliphatic rings. The van der Waals surface area contributed by atoms with Crippen LogP contribution < -0.4 is 5.32 Å². The zero-order valence-electron chi connectivity index (χ0n) is 11.8. The fourth-order valence-corrected chi connectivity index (χ4v) is 3.45. The number of rotatable bonds is 2. The molecule has 1 N–H and O–H groups in total. The van der Waals surface area contributed by atoms with Gasteiger partial charge in [-0.05, 0) is 49.6 Å². The van der Waals surface area contributed by atoms with Gasteiger partial charge in [-0.3, -0.25) is 4.98 Å². The van der Waals surface area contributed by atoms with Crippen LogP contribution in [0.15, 0.2) is 36.7 Å². The third-order valence-corrected chi connectivity index (χ3v) is 4.52. The Bertz CT molecular complexity index is 766. The zero-order valence-corrected chi connectivity index (χ0v) is 11.8. The Morgan fingerprint density at radius 1 is 1.25 bits per heavy atom. The smallest absolute Gasteiger partial charge is 0.0519 e. The van der Waals surface area contributed by atoms with Crippen LogP contribution in [0.4, 0.5) is 0 Å². The third-order valence-electron chi connectivity index (χ3n) is 4.52. The van der Waals surface area contributed by atoms with E-state index in [-0.39, 0.29) is 0 Å². The van der Waals surface area contributed by atoms with Gasteiger partial charge in [0.1, 0.15) is 0 Å². The van der Waals surface area contributed by atoms with Crippen molar-refractivity contribution in [1.29, 1.82) is 0 Å². The van der Waals surface area contributed by atoms with Crippen LogP contribution in [0.1, 0.15) is 18.4 Å². The first kappa shape index (κ1) is 11.9. The van der Waals surface area contributed by atoms with E-state index in [2.05, 4.69) is 46.2 Å². The molecule has 3 aromatic rings. The van der Waals surface area contributed by atoms with Gasteiger partial charge in [0, 0.05) is 41.8 Å². The standard InChI is InChI=1S/C17H19N3/c1-20-16-5-4-12(9-13-3-2-7-19-13)10-14(16)15-11-18-8-6-17(15)20/h4-6,8,10-11,13,19H,2-3,7,9H2,1H3. The summed E-state index contributed by atoms with van der Waals surface area (Å²) < 4.78 is 2.25. The van der Waals surface area contributed by atoms with Gasteiger partial charge in [0.15, 0.2) is 0 Å². The van der Waals surface area contributed by atoms with Crippen LogP contribution in [0.25, 0.3) is 21.8 Å². The lowest BCUT2D eigenvalue weighted by atomic mass is 10.0. The summed E-state index contributed by atoms with van der Waals surface area (Å²) in [5.41, 5.74) is 3.97. The van der Waals surface area contributed by atoms with Crippen LogP contribution >= 0.6 is 0 Å². The predicted molar refractivity (Wildman–Crippen MR) is 82.9 cm³/mol. The number of pyridine rings is 1. The highest BCUT2D eigenvalue weighted by Crippen LogP contribution is 2.28. The van der Waals surface area contributed by atoms with Crippen LogP contribution in [-0.2, 0) is 13.5 Å². The molecule has 3 heterocycles. The number of nitrogens with one attached hydrogen (secondary N) is 1. The van der Waals surface area contributed by atoms with Crippen LogP contribution in [0, 0.1) is 0 Å². The van der Waals surface area contributed by atoms with Crippen molar-refractivity contribution in [2.24, 2.45) is 7.05 Å². The summed E-state index contributed by atoms with van der Waals surface area (Å²) in [5.74, 6) is 0. The normalized spacial score (nSPS) is 19.1. The Morgan fingerprint density at radius 3 is 3.00 bits per heavy atom. The molecule has 1 aromatic carbocycles. The molecule has 20 heavy (non-hydrogen) atoms. The Hall–Kier alpha value is -1.87. The van der Waals surface area contributed by atoms with E-state index in [1.165, 1.54) is 46.8 Å². The molecule has 0 saturated carbocycles. The molecule has 0 amide bonds. The Morgan fingerprint density at radius 2 is 2.15 bits per heavy atom. The summed E-state index contributed by atoms with van der Waals surface area (Å²) in [6.07, 6.45) is 7.59. The Balaban J connectivity index is 1.83. The van der Waals surface area contributed by atoms with Crippen molar-refractivity contribution in [3.8, 4) is 0 Å². The highest BCUT2D eigenvalue weighted by atomic mass is 14.9. The van der Waals surface area contributed by atoms with Gasteiger partial charge in [0.2, 0.25) is 0 Å². The average Bonchev–Trinajstić information content (AvgIpc) is 3.08. The Labute approximate surface area is 118 Å². The van der Waals surface area contributed by atoms with E-state index in [1.54, 1.807) is 0 Å². The monoisotopic (exact) mass is 265 g/mol. The average molecular weight is 265 g/mol. The maximum absolute atomic E-state index is 4.28. The van der Waals surface area contributed by atoms with Gasteiger partial charge >= 0.3 is 0 Å². The van der Waals surface area contributed by atoms with E-state index in [9.17, 15) is 0 Å². The predicted octanol–water partition coefficient (Wildman–Crippen LogP) is 3.02. The molecule has 1 aliphatic heterocycles. The summed E-state index contributed by atoms with van der Waals surface area (Å²) in [4.78, 5) is 4.28. The van der Waals surface area contributed by atoms with E-state index in [0.29, 0.717) is 6.04 Å². The molecule has 1 unspecified atom stereocenters. The highest BCUT2D eigenvalue weighted by Gasteiger charge is 2.15. The highest BCUT2D eigenvalue weighted by molar-refractivity contribution is 6.07. The van der Waals surface area contributed by atoms with E-state index in [1.807, 2.05) is 12.4 Å². The summed E-state index contributed by atoms with van der Waals surface area (Å²) in [7, 11) is 2.13. The number of fused-ring (bicyclic) bond motifs is 3. The van der Waals surface area contributed by atoms with Crippen LogP contribution in [0.5, 0.6) is 0 Å². The van der Waals surface area contributed by atoms with Crippen molar-refractivity contribution in [3.05, 3.63) is 42.2 Å². The molecular weight excluding hydrogens is 246 g/mol. The maximum atomic E-state index is 4.28. The van der Waals surface area contributed by atoms with Gasteiger partial charge in [-0.15, -0.1) is 0 Å². The van der Waals surface area contributed by atoms with Crippen molar-refractivity contribution in [1.82, 2.24) is 14.9 Å². The number of hydrogen-bond donors (Lipinski definition) is 1. The Kier molecular flexibility index (Phi) is 2.74. The van der Waals surface area contributed by atoms with Crippen molar-refractivity contribution in [2.45, 2.75) is 25.3 Å². The molecule has 1 atom stereocenters. The molecule has 0 radical (unpaired) electrons. The van der Waals surface area contributed by atoms with Crippen LogP contribution in [0.2, 0.25) is 0 Å². The molecule has 3 heteroatoms. The van der Waals surface area contributed by atoms with Crippen LogP contribution in [-0.4, -0.2) is 22.1 Å². The number of aromatic nitrogens is 2. The molecule has 4 rings (SSSR count). The summed E-state index contributed by atoms with van der Waals surface area (Å²) in [5, 5.41) is 6.16. The maximum Gasteiger partial charge on any atom is 0.0519 e. The first-order chi connectivity index (χ1) is 9.83. The third kappa shape index (κ3) is 1.81. The van der Waals surface area contributed by atoms with Gasteiger partial charge in [-0.2, -0.15) is 0 Å². The second-order valence-electron chi connectivity index (χ2n) is 5.80. The van der Waals surface area contributed by atoms with Gasteiger partial charge in [-0.1, -0.05) is 6.07 Å². The van der Waals surface area contributed by atoms with Crippen LogP contribution in [0.3, 0.4) is 0 Å². The van der Waals surface area contributed by atoms with Gasteiger partial charge in [0.05, 0.1) is 5.52 Å². The zero-order chi connectivity index (χ0) is 13.5. The summed E-state index contributed by atoms with van der Waals surface area (Å²) >= 11 is 0. The molecular formula is C17H19N3. The molecule has 3 nitrogen and oxygen atoms in total. The van der Waals surface area contributed by atoms with E-state index < -0.39 is 0 Å².